The molecule has 1 aromatic carbocycles. The van der Waals surface area contributed by atoms with Gasteiger partial charge in [-0.25, -0.2) is 0 Å². The molecule has 3 nitrogen and oxygen atoms in total. The Hall–Kier alpha value is -0.930. The molecule has 1 aromatic rings. The van der Waals surface area contributed by atoms with Crippen molar-refractivity contribution in [2.75, 3.05) is 5.43 Å². The van der Waals surface area contributed by atoms with E-state index in [0.717, 1.165) is 0 Å². The molecule has 0 spiro atoms. The molecule has 2 N–H and O–H groups in total. The highest BCUT2D eigenvalue weighted by Gasteiger charge is 2.02. The third-order valence-electron chi connectivity index (χ3n) is 1.22. The van der Waals surface area contributed by atoms with Crippen LogP contribution in [0.1, 0.15) is 0 Å². The second-order valence-electron chi connectivity index (χ2n) is 1.98. The topological polar surface area (TPSA) is 41.1 Å². The van der Waals surface area contributed by atoms with Crippen LogP contribution < -0.4 is 10.9 Å². The van der Waals surface area contributed by atoms with Crippen molar-refractivity contribution in [3.05, 3.63) is 28.2 Å². The lowest BCUT2D eigenvalue weighted by molar-refractivity contribution is -0.109. The van der Waals surface area contributed by atoms with Gasteiger partial charge in [-0.05, 0) is 12.1 Å². The van der Waals surface area contributed by atoms with Crippen molar-refractivity contribution in [3.63, 3.8) is 0 Å². The van der Waals surface area contributed by atoms with Crippen molar-refractivity contribution in [1.29, 1.82) is 0 Å². The van der Waals surface area contributed by atoms with Crippen molar-refractivity contribution in [2.24, 2.45) is 0 Å². The number of amides is 1. The third-order valence-corrected chi connectivity index (χ3v) is 1.85. The van der Waals surface area contributed by atoms with E-state index >= 15 is 0 Å². The highest BCUT2D eigenvalue weighted by molar-refractivity contribution is 6.39. The summed E-state index contributed by atoms with van der Waals surface area (Å²) in [5, 5.41) is 0.911. The van der Waals surface area contributed by atoms with E-state index in [0.29, 0.717) is 22.1 Å². The normalized spacial score (nSPS) is 9.17. The Morgan fingerprint density at radius 2 is 1.83 bits per heavy atom. The molecule has 1 rings (SSSR count). The van der Waals surface area contributed by atoms with Crippen LogP contribution in [0.25, 0.3) is 0 Å². The molecule has 0 aliphatic heterocycles. The van der Waals surface area contributed by atoms with Gasteiger partial charge in [0.1, 0.15) is 0 Å². The first-order valence-corrected chi connectivity index (χ1v) is 3.90. The van der Waals surface area contributed by atoms with Crippen LogP contribution in [0.2, 0.25) is 10.0 Å². The Morgan fingerprint density at radius 1 is 1.25 bits per heavy atom. The third kappa shape index (κ3) is 2.03. The number of halogens is 2. The maximum Gasteiger partial charge on any atom is 0.225 e. The molecule has 12 heavy (non-hydrogen) atoms. The molecule has 0 radical (unpaired) electrons. The summed E-state index contributed by atoms with van der Waals surface area (Å²) in [7, 11) is 0. The summed E-state index contributed by atoms with van der Waals surface area (Å²) in [4.78, 5) is 9.94. The zero-order valence-corrected chi connectivity index (χ0v) is 7.49. The van der Waals surface area contributed by atoms with Gasteiger partial charge in [0.2, 0.25) is 6.41 Å². The summed E-state index contributed by atoms with van der Waals surface area (Å²) >= 11 is 11.5. The molecular formula is C7H6Cl2N2O. The number of benzene rings is 1. The van der Waals surface area contributed by atoms with E-state index in [-0.39, 0.29) is 0 Å². The van der Waals surface area contributed by atoms with Crippen LogP contribution in [0.15, 0.2) is 18.2 Å². The van der Waals surface area contributed by atoms with E-state index in [1.165, 1.54) is 0 Å². The molecule has 0 unspecified atom stereocenters. The summed E-state index contributed by atoms with van der Waals surface area (Å²) in [6.45, 7) is 0. The highest BCUT2D eigenvalue weighted by atomic mass is 35.5. The number of para-hydroxylation sites is 1. The Morgan fingerprint density at radius 3 is 2.33 bits per heavy atom. The second-order valence-corrected chi connectivity index (χ2v) is 2.80. The van der Waals surface area contributed by atoms with Gasteiger partial charge in [0.05, 0.1) is 15.7 Å². The van der Waals surface area contributed by atoms with Crippen molar-refractivity contribution in [2.45, 2.75) is 0 Å². The Kier molecular flexibility index (Phi) is 3.19. The maximum atomic E-state index is 9.94. The van der Waals surface area contributed by atoms with Gasteiger partial charge in [-0.3, -0.25) is 15.6 Å². The summed E-state index contributed by atoms with van der Waals surface area (Å²) in [5.41, 5.74) is 5.29. The highest BCUT2D eigenvalue weighted by Crippen LogP contribution is 2.28. The molecule has 5 heteroatoms. The molecule has 0 heterocycles. The van der Waals surface area contributed by atoms with Gasteiger partial charge in [0.25, 0.3) is 0 Å². The van der Waals surface area contributed by atoms with Gasteiger partial charge in [-0.2, -0.15) is 0 Å². The number of carbonyl (C=O) groups is 1. The fraction of sp³-hybridized carbons (Fsp3) is 0. The van der Waals surface area contributed by atoms with Crippen molar-refractivity contribution >= 4 is 35.3 Å². The molecular weight excluding hydrogens is 199 g/mol. The molecule has 0 aliphatic carbocycles. The Labute approximate surface area is 79.6 Å². The lowest BCUT2D eigenvalue weighted by Gasteiger charge is -2.07. The first-order chi connectivity index (χ1) is 5.75. The van der Waals surface area contributed by atoms with Crippen molar-refractivity contribution in [1.82, 2.24) is 5.43 Å². The molecule has 0 aliphatic rings. The lowest BCUT2D eigenvalue weighted by atomic mass is 10.3. The van der Waals surface area contributed by atoms with Crippen LogP contribution in [-0.4, -0.2) is 6.41 Å². The quantitative estimate of drug-likeness (QED) is 0.585. The van der Waals surface area contributed by atoms with Gasteiger partial charge in [0.15, 0.2) is 0 Å². The molecule has 0 bridgehead atoms. The summed E-state index contributed by atoms with van der Waals surface area (Å²) in [6, 6.07) is 5.06. The molecule has 0 fully saturated rings. The predicted molar refractivity (Wildman–Crippen MR) is 49.3 cm³/mol. The zero-order valence-electron chi connectivity index (χ0n) is 5.97. The molecule has 1 amide bonds. The van der Waals surface area contributed by atoms with Crippen LogP contribution >= 0.6 is 23.2 Å². The van der Waals surface area contributed by atoms with E-state index in [1.54, 1.807) is 18.2 Å². The van der Waals surface area contributed by atoms with Crippen LogP contribution in [0.4, 0.5) is 5.69 Å². The number of carbonyl (C=O) groups excluding carboxylic acids is 1. The molecule has 64 valence electrons. The zero-order chi connectivity index (χ0) is 8.97. The average molecular weight is 205 g/mol. The summed E-state index contributed by atoms with van der Waals surface area (Å²) in [6.07, 6.45) is 0.500. The number of hydrazine groups is 1. The van der Waals surface area contributed by atoms with Crippen molar-refractivity contribution < 1.29 is 4.79 Å². The maximum absolute atomic E-state index is 9.94. The number of rotatable bonds is 3. The van der Waals surface area contributed by atoms with Gasteiger partial charge in [-0.15, -0.1) is 0 Å². The van der Waals surface area contributed by atoms with Gasteiger partial charge < -0.3 is 0 Å². The van der Waals surface area contributed by atoms with Gasteiger partial charge in [-0.1, -0.05) is 29.3 Å². The molecule has 0 saturated heterocycles. The first-order valence-electron chi connectivity index (χ1n) is 3.15. The molecule has 0 aromatic heterocycles. The Balaban J connectivity index is 2.88. The monoisotopic (exact) mass is 204 g/mol. The van der Waals surface area contributed by atoms with Crippen LogP contribution in [-0.2, 0) is 4.79 Å². The summed E-state index contributed by atoms with van der Waals surface area (Å²) in [5.74, 6) is 0. The largest absolute Gasteiger partial charge is 0.296 e. The average Bonchev–Trinajstić information content (AvgIpc) is 2.04. The van der Waals surface area contributed by atoms with Crippen LogP contribution in [0.5, 0.6) is 0 Å². The number of anilines is 1. The lowest BCUT2D eigenvalue weighted by Crippen LogP contribution is -2.19. The first kappa shape index (κ1) is 9.16. The van der Waals surface area contributed by atoms with E-state index in [9.17, 15) is 4.79 Å². The fourth-order valence-corrected chi connectivity index (χ4v) is 1.21. The molecule has 0 saturated carbocycles. The number of nitrogens with one attached hydrogen (secondary N) is 2. The van der Waals surface area contributed by atoms with E-state index in [2.05, 4.69) is 10.9 Å². The summed E-state index contributed by atoms with van der Waals surface area (Å²) < 4.78 is 0. The SMILES string of the molecule is O=CNNc1c(Cl)cccc1Cl. The number of hydrogen-bond donors (Lipinski definition) is 2. The molecule has 0 atom stereocenters. The minimum atomic E-state index is 0.455. The second kappa shape index (κ2) is 4.18. The van der Waals surface area contributed by atoms with E-state index in [1.807, 2.05) is 0 Å². The number of hydrogen-bond acceptors (Lipinski definition) is 2. The minimum Gasteiger partial charge on any atom is -0.296 e. The minimum absolute atomic E-state index is 0.455. The van der Waals surface area contributed by atoms with Crippen LogP contribution in [0.3, 0.4) is 0 Å². The van der Waals surface area contributed by atoms with E-state index in [4.69, 9.17) is 23.2 Å². The van der Waals surface area contributed by atoms with Gasteiger partial charge >= 0.3 is 0 Å². The predicted octanol–water partition coefficient (Wildman–Crippen LogP) is 2.07. The smallest absolute Gasteiger partial charge is 0.225 e. The standard InChI is InChI=1S/C7H6Cl2N2O/c8-5-2-1-3-6(9)7(5)11-10-4-12/h1-4,11H,(H,10,12). The Bertz CT molecular complexity index is 270. The van der Waals surface area contributed by atoms with Crippen molar-refractivity contribution in [3.8, 4) is 0 Å². The van der Waals surface area contributed by atoms with Gasteiger partial charge in [0, 0.05) is 0 Å². The van der Waals surface area contributed by atoms with E-state index < -0.39 is 0 Å². The van der Waals surface area contributed by atoms with Crippen LogP contribution in [0, 0.1) is 0 Å². The fourth-order valence-electron chi connectivity index (χ4n) is 0.719.